The fourth-order valence-electron chi connectivity index (χ4n) is 7.06. The number of rotatable bonds is 6. The van der Waals surface area contributed by atoms with Gasteiger partial charge in [0.2, 0.25) is 0 Å². The molecular formula is C48H33NO. The molecule has 50 heavy (non-hydrogen) atoms. The van der Waals surface area contributed by atoms with E-state index in [-0.39, 0.29) is 0 Å². The molecule has 9 rings (SSSR count). The Kier molecular flexibility index (Phi) is 7.53. The third-order valence-corrected chi connectivity index (χ3v) is 9.50. The predicted octanol–water partition coefficient (Wildman–Crippen LogP) is 13.6. The van der Waals surface area contributed by atoms with Crippen molar-refractivity contribution in [1.29, 1.82) is 0 Å². The molecule has 0 fully saturated rings. The molecule has 0 N–H and O–H groups in total. The van der Waals surface area contributed by atoms with Crippen LogP contribution in [0, 0.1) is 0 Å². The summed E-state index contributed by atoms with van der Waals surface area (Å²) in [5, 5.41) is 0. The Morgan fingerprint density at radius 3 is 1.46 bits per heavy atom. The van der Waals surface area contributed by atoms with Crippen molar-refractivity contribution in [3.05, 3.63) is 200 Å². The van der Waals surface area contributed by atoms with Gasteiger partial charge in [-0.15, -0.1) is 0 Å². The Labute approximate surface area is 293 Å². The molecule has 0 aromatic heterocycles. The van der Waals surface area contributed by atoms with Crippen molar-refractivity contribution in [3.8, 4) is 67.1 Å². The molecule has 2 heteroatoms. The normalized spacial score (nSPS) is 11.4. The summed E-state index contributed by atoms with van der Waals surface area (Å²) in [6.07, 6.45) is 0. The number of ether oxygens (including phenoxy) is 1. The molecule has 8 aromatic rings. The average Bonchev–Trinajstić information content (AvgIpc) is 3.33. The summed E-state index contributed by atoms with van der Waals surface area (Å²) in [4.78, 5) is 2.34. The van der Waals surface area contributed by atoms with Crippen LogP contribution in [0.4, 0.5) is 17.1 Å². The molecule has 0 bridgehead atoms. The van der Waals surface area contributed by atoms with Crippen molar-refractivity contribution >= 4 is 17.1 Å². The quantitative estimate of drug-likeness (QED) is 0.179. The number of nitrogens with zero attached hydrogens (tertiary/aromatic N) is 1. The van der Waals surface area contributed by atoms with E-state index in [9.17, 15) is 0 Å². The Morgan fingerprint density at radius 2 is 0.780 bits per heavy atom. The van der Waals surface area contributed by atoms with Gasteiger partial charge in [0.15, 0.2) is 0 Å². The SMILES string of the molecule is c1ccc(-c2ccc(N(c3ccc4c(c3)Oc3ccc(-c5ccccc5)cc3-c3ccccc3-4)c3ccccc3-c3ccccc3)cc2)cc1. The molecule has 0 spiro atoms. The van der Waals surface area contributed by atoms with Crippen molar-refractivity contribution in [3.63, 3.8) is 0 Å². The van der Waals surface area contributed by atoms with Gasteiger partial charge in [-0.1, -0.05) is 152 Å². The van der Waals surface area contributed by atoms with E-state index in [0.717, 1.165) is 67.5 Å². The van der Waals surface area contributed by atoms with Crippen LogP contribution in [0.2, 0.25) is 0 Å². The van der Waals surface area contributed by atoms with Gasteiger partial charge in [-0.3, -0.25) is 0 Å². The average molecular weight is 640 g/mol. The first kappa shape index (κ1) is 29.5. The van der Waals surface area contributed by atoms with Gasteiger partial charge in [-0.25, -0.2) is 0 Å². The lowest BCUT2D eigenvalue weighted by Crippen LogP contribution is -2.11. The molecular weight excluding hydrogens is 607 g/mol. The van der Waals surface area contributed by atoms with E-state index in [4.69, 9.17) is 4.74 Å². The van der Waals surface area contributed by atoms with E-state index in [0.29, 0.717) is 0 Å². The van der Waals surface area contributed by atoms with Crippen molar-refractivity contribution in [2.45, 2.75) is 0 Å². The lowest BCUT2D eigenvalue weighted by Gasteiger charge is -2.28. The van der Waals surface area contributed by atoms with Crippen molar-refractivity contribution < 1.29 is 4.74 Å². The largest absolute Gasteiger partial charge is 0.456 e. The standard InChI is InChI=1S/C48H33NO/c1-4-14-34(15-5-1)36-24-27-39(28-25-36)49(46-23-13-12-20-41(46)37-18-8-3-9-19-37)40-29-30-44-42-21-10-11-22-43(42)45-32-38(35-16-6-2-7-17-35)26-31-47(45)50-48(44)33-40/h1-33H. The molecule has 0 saturated heterocycles. The molecule has 1 aliphatic heterocycles. The molecule has 0 atom stereocenters. The Hall–Kier alpha value is -6.64. The zero-order chi connectivity index (χ0) is 33.3. The Bertz CT molecular complexity index is 2430. The van der Waals surface area contributed by atoms with Crippen LogP contribution in [0.25, 0.3) is 55.6 Å². The lowest BCUT2D eigenvalue weighted by molar-refractivity contribution is 0.488. The van der Waals surface area contributed by atoms with Gasteiger partial charge in [-0.2, -0.15) is 0 Å². The Morgan fingerprint density at radius 1 is 0.280 bits per heavy atom. The minimum atomic E-state index is 0.823. The third kappa shape index (κ3) is 5.43. The molecule has 0 aliphatic carbocycles. The van der Waals surface area contributed by atoms with Gasteiger partial charge in [0.25, 0.3) is 0 Å². The maximum atomic E-state index is 6.90. The summed E-state index contributed by atoms with van der Waals surface area (Å²) in [5.41, 5.74) is 14.7. The number of para-hydroxylation sites is 1. The highest BCUT2D eigenvalue weighted by Crippen LogP contribution is 2.50. The minimum Gasteiger partial charge on any atom is -0.456 e. The third-order valence-electron chi connectivity index (χ3n) is 9.50. The van der Waals surface area contributed by atoms with E-state index < -0.39 is 0 Å². The second-order valence-corrected chi connectivity index (χ2v) is 12.5. The second kappa shape index (κ2) is 12.8. The van der Waals surface area contributed by atoms with E-state index in [1.54, 1.807) is 0 Å². The highest BCUT2D eigenvalue weighted by atomic mass is 16.5. The van der Waals surface area contributed by atoms with Gasteiger partial charge in [0.05, 0.1) is 5.69 Å². The molecule has 0 saturated carbocycles. The van der Waals surface area contributed by atoms with Crippen molar-refractivity contribution in [2.24, 2.45) is 0 Å². The monoisotopic (exact) mass is 639 g/mol. The van der Waals surface area contributed by atoms with Gasteiger partial charge in [0, 0.05) is 34.1 Å². The highest BCUT2D eigenvalue weighted by Gasteiger charge is 2.24. The van der Waals surface area contributed by atoms with E-state index in [1.807, 2.05) is 0 Å². The minimum absolute atomic E-state index is 0.823. The summed E-state index contributed by atoms with van der Waals surface area (Å²) < 4.78 is 6.90. The van der Waals surface area contributed by atoms with Crippen LogP contribution < -0.4 is 9.64 Å². The van der Waals surface area contributed by atoms with E-state index in [1.165, 1.54) is 16.7 Å². The number of hydrogen-bond acceptors (Lipinski definition) is 2. The molecule has 0 unspecified atom stereocenters. The number of benzene rings is 8. The Balaban J connectivity index is 1.21. The predicted molar refractivity (Wildman–Crippen MR) is 208 cm³/mol. The topological polar surface area (TPSA) is 12.5 Å². The maximum Gasteiger partial charge on any atom is 0.137 e. The van der Waals surface area contributed by atoms with E-state index in [2.05, 4.69) is 205 Å². The number of anilines is 3. The first-order valence-electron chi connectivity index (χ1n) is 17.0. The van der Waals surface area contributed by atoms with Crippen LogP contribution in [-0.2, 0) is 0 Å². The van der Waals surface area contributed by atoms with Crippen molar-refractivity contribution in [2.75, 3.05) is 4.90 Å². The molecule has 1 aliphatic rings. The summed E-state index contributed by atoms with van der Waals surface area (Å²) in [5.74, 6) is 1.67. The van der Waals surface area contributed by atoms with Crippen LogP contribution in [0.1, 0.15) is 0 Å². The molecule has 236 valence electrons. The van der Waals surface area contributed by atoms with Gasteiger partial charge >= 0.3 is 0 Å². The molecule has 0 radical (unpaired) electrons. The number of hydrogen-bond donors (Lipinski definition) is 0. The fraction of sp³-hybridized carbons (Fsp3) is 0. The molecule has 2 nitrogen and oxygen atoms in total. The summed E-state index contributed by atoms with van der Waals surface area (Å²) in [7, 11) is 0. The van der Waals surface area contributed by atoms with Gasteiger partial charge in [-0.05, 0) is 81.4 Å². The first-order chi connectivity index (χ1) is 24.8. The number of fused-ring (bicyclic) bond motifs is 5. The lowest BCUT2D eigenvalue weighted by atomic mass is 9.92. The second-order valence-electron chi connectivity index (χ2n) is 12.5. The summed E-state index contributed by atoms with van der Waals surface area (Å²) in [6, 6.07) is 70.9. The summed E-state index contributed by atoms with van der Waals surface area (Å²) >= 11 is 0. The van der Waals surface area contributed by atoms with Crippen LogP contribution in [0.5, 0.6) is 11.5 Å². The maximum absolute atomic E-state index is 6.90. The zero-order valence-corrected chi connectivity index (χ0v) is 27.4. The van der Waals surface area contributed by atoms with Crippen LogP contribution in [0.3, 0.4) is 0 Å². The van der Waals surface area contributed by atoms with Gasteiger partial charge in [0.1, 0.15) is 11.5 Å². The fourth-order valence-corrected chi connectivity index (χ4v) is 7.06. The van der Waals surface area contributed by atoms with E-state index >= 15 is 0 Å². The van der Waals surface area contributed by atoms with Crippen molar-refractivity contribution in [1.82, 2.24) is 0 Å². The van der Waals surface area contributed by atoms with Gasteiger partial charge < -0.3 is 9.64 Å². The van der Waals surface area contributed by atoms with Crippen LogP contribution in [-0.4, -0.2) is 0 Å². The molecule has 0 amide bonds. The van der Waals surface area contributed by atoms with Crippen LogP contribution >= 0.6 is 0 Å². The first-order valence-corrected chi connectivity index (χ1v) is 17.0. The summed E-state index contributed by atoms with van der Waals surface area (Å²) in [6.45, 7) is 0. The molecule has 8 aromatic carbocycles. The molecule has 1 heterocycles. The van der Waals surface area contributed by atoms with Crippen LogP contribution in [0.15, 0.2) is 200 Å². The zero-order valence-electron chi connectivity index (χ0n) is 27.4. The smallest absolute Gasteiger partial charge is 0.137 e. The highest BCUT2D eigenvalue weighted by molar-refractivity contribution is 5.94.